The number of thioether (sulfide) groups is 1. The lowest BCUT2D eigenvalue weighted by atomic mass is 10.1. The predicted molar refractivity (Wildman–Crippen MR) is 92.4 cm³/mol. The highest BCUT2D eigenvalue weighted by atomic mass is 32.2. The molecule has 7 heteroatoms. The Kier molecular flexibility index (Phi) is 6.10. The van der Waals surface area contributed by atoms with E-state index in [0.29, 0.717) is 36.3 Å². The molecule has 2 amide bonds. The highest BCUT2D eigenvalue weighted by Gasteiger charge is 2.36. The second kappa shape index (κ2) is 7.86. The first-order valence-electron chi connectivity index (χ1n) is 8.14. The number of aryl methyl sites for hydroxylation is 2. The minimum absolute atomic E-state index is 0.0525. The lowest BCUT2D eigenvalue weighted by Gasteiger charge is -2.23. The average molecular weight is 338 g/mol. The standard InChI is InChI=1S/C16H26N4O2S/c1-5-20-13(8-12(4)18-20)16(22)19-10-23-9-14(19)15(21)17-7-6-11(2)3/h8,11,14H,5-7,9-10H2,1-4H3,(H,17,21)/t14-/m0/s1. The van der Waals surface area contributed by atoms with Gasteiger partial charge in [-0.05, 0) is 32.3 Å². The number of rotatable bonds is 6. The van der Waals surface area contributed by atoms with Gasteiger partial charge in [-0.3, -0.25) is 14.3 Å². The summed E-state index contributed by atoms with van der Waals surface area (Å²) in [6.07, 6.45) is 0.946. The second-order valence-corrected chi connectivity index (χ2v) is 7.25. The lowest BCUT2D eigenvalue weighted by molar-refractivity contribution is -0.124. The first kappa shape index (κ1) is 17.8. The number of nitrogens with one attached hydrogen (secondary N) is 1. The molecule has 1 atom stereocenters. The monoisotopic (exact) mass is 338 g/mol. The van der Waals surface area contributed by atoms with Crippen molar-refractivity contribution in [2.45, 2.75) is 46.7 Å². The van der Waals surface area contributed by atoms with Gasteiger partial charge in [-0.2, -0.15) is 5.10 Å². The fraction of sp³-hybridized carbons (Fsp3) is 0.688. The molecule has 0 unspecified atom stereocenters. The van der Waals surface area contributed by atoms with Gasteiger partial charge in [0.15, 0.2) is 0 Å². The molecular weight excluding hydrogens is 312 g/mol. The predicted octanol–water partition coefficient (Wildman–Crippen LogP) is 1.89. The normalized spacial score (nSPS) is 17.8. The molecule has 128 valence electrons. The average Bonchev–Trinajstić information content (AvgIpc) is 3.12. The van der Waals surface area contributed by atoms with Crippen molar-refractivity contribution in [1.29, 1.82) is 0 Å². The Morgan fingerprint density at radius 3 is 2.87 bits per heavy atom. The Bertz CT molecular complexity index is 570. The van der Waals surface area contributed by atoms with Crippen molar-refractivity contribution >= 4 is 23.6 Å². The first-order valence-corrected chi connectivity index (χ1v) is 9.30. The van der Waals surface area contributed by atoms with Crippen LogP contribution in [0.25, 0.3) is 0 Å². The smallest absolute Gasteiger partial charge is 0.273 e. The van der Waals surface area contributed by atoms with Crippen LogP contribution in [0.3, 0.4) is 0 Å². The van der Waals surface area contributed by atoms with E-state index in [2.05, 4.69) is 24.3 Å². The van der Waals surface area contributed by atoms with Gasteiger partial charge in [0, 0.05) is 18.8 Å². The van der Waals surface area contributed by atoms with Gasteiger partial charge in [0.05, 0.1) is 11.6 Å². The van der Waals surface area contributed by atoms with Gasteiger partial charge in [-0.25, -0.2) is 0 Å². The Morgan fingerprint density at radius 2 is 2.22 bits per heavy atom. The minimum atomic E-state index is -0.389. The van der Waals surface area contributed by atoms with Crippen LogP contribution in [-0.2, 0) is 11.3 Å². The molecule has 2 rings (SSSR count). The Labute approximate surface area is 142 Å². The van der Waals surface area contributed by atoms with E-state index in [1.807, 2.05) is 13.8 Å². The Morgan fingerprint density at radius 1 is 1.48 bits per heavy atom. The molecule has 1 N–H and O–H groups in total. The molecule has 0 aliphatic carbocycles. The second-order valence-electron chi connectivity index (χ2n) is 6.25. The molecule has 1 fully saturated rings. The number of amides is 2. The number of carbonyl (C=O) groups is 2. The molecule has 0 saturated carbocycles. The van der Waals surface area contributed by atoms with Crippen molar-refractivity contribution in [2.24, 2.45) is 5.92 Å². The van der Waals surface area contributed by atoms with Crippen molar-refractivity contribution in [3.63, 3.8) is 0 Å². The van der Waals surface area contributed by atoms with Crippen molar-refractivity contribution < 1.29 is 9.59 Å². The zero-order valence-electron chi connectivity index (χ0n) is 14.3. The van der Waals surface area contributed by atoms with Crippen LogP contribution in [0.5, 0.6) is 0 Å². The summed E-state index contributed by atoms with van der Waals surface area (Å²) in [7, 11) is 0. The molecule has 0 radical (unpaired) electrons. The molecule has 6 nitrogen and oxygen atoms in total. The maximum Gasteiger partial charge on any atom is 0.273 e. The minimum Gasteiger partial charge on any atom is -0.354 e. The van der Waals surface area contributed by atoms with E-state index in [9.17, 15) is 9.59 Å². The summed E-state index contributed by atoms with van der Waals surface area (Å²) in [6.45, 7) is 9.38. The topological polar surface area (TPSA) is 67.2 Å². The van der Waals surface area contributed by atoms with E-state index in [-0.39, 0.29) is 17.9 Å². The van der Waals surface area contributed by atoms with Crippen LogP contribution in [0.2, 0.25) is 0 Å². The third-order valence-corrected chi connectivity index (χ3v) is 4.90. The SMILES string of the molecule is CCn1nc(C)cc1C(=O)N1CSC[C@H]1C(=O)NCCC(C)C. The van der Waals surface area contributed by atoms with Gasteiger partial charge < -0.3 is 10.2 Å². The fourth-order valence-electron chi connectivity index (χ4n) is 2.57. The molecule has 0 bridgehead atoms. The number of carbonyl (C=O) groups excluding carboxylic acids is 2. The van der Waals surface area contributed by atoms with E-state index < -0.39 is 0 Å². The van der Waals surface area contributed by atoms with Gasteiger partial charge in [-0.1, -0.05) is 13.8 Å². The highest BCUT2D eigenvalue weighted by Crippen LogP contribution is 2.23. The van der Waals surface area contributed by atoms with Gasteiger partial charge >= 0.3 is 0 Å². The zero-order valence-corrected chi connectivity index (χ0v) is 15.2. The van der Waals surface area contributed by atoms with E-state index in [1.54, 1.807) is 27.4 Å². The van der Waals surface area contributed by atoms with Crippen LogP contribution >= 0.6 is 11.8 Å². The molecule has 1 aliphatic heterocycles. The Balaban J connectivity index is 2.05. The molecule has 1 aliphatic rings. The first-order chi connectivity index (χ1) is 10.9. The van der Waals surface area contributed by atoms with Gasteiger partial charge in [-0.15, -0.1) is 11.8 Å². The Hall–Kier alpha value is -1.50. The summed E-state index contributed by atoms with van der Waals surface area (Å²) >= 11 is 1.62. The maximum absolute atomic E-state index is 12.8. The summed E-state index contributed by atoms with van der Waals surface area (Å²) in [5.41, 5.74) is 1.38. The molecule has 1 aromatic rings. The largest absolute Gasteiger partial charge is 0.354 e. The van der Waals surface area contributed by atoms with E-state index >= 15 is 0 Å². The summed E-state index contributed by atoms with van der Waals surface area (Å²) in [5.74, 6) is 1.59. The molecule has 1 aromatic heterocycles. The van der Waals surface area contributed by atoms with Crippen LogP contribution in [-0.4, -0.2) is 50.7 Å². The molecule has 23 heavy (non-hydrogen) atoms. The van der Waals surface area contributed by atoms with E-state index in [1.165, 1.54) is 0 Å². The summed E-state index contributed by atoms with van der Waals surface area (Å²) < 4.78 is 1.70. The molecule has 0 spiro atoms. The molecule has 0 aromatic carbocycles. The van der Waals surface area contributed by atoms with Crippen molar-refractivity contribution in [1.82, 2.24) is 20.0 Å². The van der Waals surface area contributed by atoms with Gasteiger partial charge in [0.25, 0.3) is 5.91 Å². The molecule has 2 heterocycles. The third kappa shape index (κ3) is 4.28. The molecule has 1 saturated heterocycles. The van der Waals surface area contributed by atoms with Crippen LogP contribution in [0.4, 0.5) is 0 Å². The van der Waals surface area contributed by atoms with Crippen LogP contribution in [0.15, 0.2) is 6.07 Å². The van der Waals surface area contributed by atoms with Crippen LogP contribution in [0, 0.1) is 12.8 Å². The van der Waals surface area contributed by atoms with Crippen molar-refractivity contribution in [2.75, 3.05) is 18.2 Å². The summed E-state index contributed by atoms with van der Waals surface area (Å²) in [6, 6.07) is 1.41. The zero-order chi connectivity index (χ0) is 17.0. The molecular formula is C16H26N4O2S. The van der Waals surface area contributed by atoms with E-state index in [0.717, 1.165) is 12.1 Å². The lowest BCUT2D eigenvalue weighted by Crippen LogP contribution is -2.48. The quantitative estimate of drug-likeness (QED) is 0.860. The van der Waals surface area contributed by atoms with Gasteiger partial charge in [0.2, 0.25) is 5.91 Å². The summed E-state index contributed by atoms with van der Waals surface area (Å²) in [4.78, 5) is 26.9. The van der Waals surface area contributed by atoms with E-state index in [4.69, 9.17) is 0 Å². The fourth-order valence-corrected chi connectivity index (χ4v) is 3.72. The number of hydrogen-bond acceptors (Lipinski definition) is 4. The highest BCUT2D eigenvalue weighted by molar-refractivity contribution is 7.99. The van der Waals surface area contributed by atoms with Crippen LogP contribution < -0.4 is 5.32 Å². The van der Waals surface area contributed by atoms with Crippen molar-refractivity contribution in [3.8, 4) is 0 Å². The maximum atomic E-state index is 12.8. The third-order valence-electron chi connectivity index (χ3n) is 3.89. The number of nitrogens with zero attached hydrogens (tertiary/aromatic N) is 3. The van der Waals surface area contributed by atoms with Gasteiger partial charge in [0.1, 0.15) is 11.7 Å². The van der Waals surface area contributed by atoms with Crippen LogP contribution in [0.1, 0.15) is 43.4 Å². The summed E-state index contributed by atoms with van der Waals surface area (Å²) in [5, 5.41) is 7.28. The van der Waals surface area contributed by atoms with Crippen molar-refractivity contribution in [3.05, 3.63) is 17.5 Å². The number of aromatic nitrogens is 2. The number of hydrogen-bond donors (Lipinski definition) is 1.